The van der Waals surface area contributed by atoms with E-state index in [-0.39, 0.29) is 28.7 Å². The first-order valence-electron chi connectivity index (χ1n) is 11.3. The minimum atomic E-state index is -0.369. The maximum Gasteiger partial charge on any atom is 0.272 e. The molecule has 0 bridgehead atoms. The van der Waals surface area contributed by atoms with Crippen molar-refractivity contribution in [3.63, 3.8) is 0 Å². The molecule has 3 heterocycles. The maximum atomic E-state index is 14.0. The Morgan fingerprint density at radius 3 is 2.82 bits per heavy atom. The van der Waals surface area contributed by atoms with Crippen LogP contribution in [-0.4, -0.2) is 31.5 Å². The van der Waals surface area contributed by atoms with Gasteiger partial charge in [-0.25, -0.2) is 14.5 Å². The van der Waals surface area contributed by atoms with Crippen LogP contribution in [0.25, 0.3) is 16.4 Å². The van der Waals surface area contributed by atoms with Crippen LogP contribution in [0.1, 0.15) is 54.4 Å². The van der Waals surface area contributed by atoms with Crippen molar-refractivity contribution in [2.75, 3.05) is 0 Å². The summed E-state index contributed by atoms with van der Waals surface area (Å²) in [6.07, 6.45) is 7.24. The number of carbonyl (C=O) groups excluding carboxylic acids is 1. The lowest BCUT2D eigenvalue weighted by Gasteiger charge is -2.48. The molecule has 2 N–H and O–H groups in total. The number of fused-ring (bicyclic) bond motifs is 2. The van der Waals surface area contributed by atoms with Crippen LogP contribution in [-0.2, 0) is 6.42 Å². The van der Waals surface area contributed by atoms with Gasteiger partial charge in [-0.2, -0.15) is 5.10 Å². The van der Waals surface area contributed by atoms with Gasteiger partial charge in [-0.15, -0.1) is 0 Å². The summed E-state index contributed by atoms with van der Waals surface area (Å²) >= 11 is 0. The molecular formula is C25H26FN5O2. The van der Waals surface area contributed by atoms with E-state index in [1.54, 1.807) is 13.0 Å². The van der Waals surface area contributed by atoms with Crippen LogP contribution in [0.4, 0.5) is 4.39 Å². The van der Waals surface area contributed by atoms with Crippen molar-refractivity contribution in [3.8, 4) is 0 Å². The molecule has 0 radical (unpaired) electrons. The number of imidazole rings is 1. The van der Waals surface area contributed by atoms with Crippen LogP contribution >= 0.6 is 0 Å². The summed E-state index contributed by atoms with van der Waals surface area (Å²) in [5, 5.41) is 11.5. The number of pyridine rings is 1. The molecule has 0 saturated heterocycles. The summed E-state index contributed by atoms with van der Waals surface area (Å²) in [7, 11) is 0. The topological polar surface area (TPSA) is 92.1 Å². The summed E-state index contributed by atoms with van der Waals surface area (Å²) in [6, 6.07) is 9.23. The molecular weight excluding hydrogens is 421 g/mol. The van der Waals surface area contributed by atoms with Crippen molar-refractivity contribution in [1.82, 2.24) is 24.9 Å². The number of rotatable bonds is 6. The van der Waals surface area contributed by atoms with E-state index >= 15 is 0 Å². The molecule has 7 nitrogen and oxygen atoms in total. The third kappa shape index (κ3) is 3.79. The van der Waals surface area contributed by atoms with Gasteiger partial charge in [-0.3, -0.25) is 14.0 Å². The van der Waals surface area contributed by atoms with E-state index in [0.29, 0.717) is 22.3 Å². The second kappa shape index (κ2) is 8.10. The molecule has 1 saturated carbocycles. The van der Waals surface area contributed by atoms with Crippen molar-refractivity contribution in [1.29, 1.82) is 0 Å². The number of H-pyrrole nitrogens is 1. The number of nitrogens with one attached hydrogen (secondary N) is 2. The maximum absolute atomic E-state index is 14.0. The molecule has 0 spiro atoms. The fourth-order valence-electron chi connectivity index (χ4n) is 5.03. The number of nitrogens with zero attached hydrogens (tertiary/aromatic N) is 3. The first-order valence-corrected chi connectivity index (χ1v) is 11.3. The predicted molar refractivity (Wildman–Crippen MR) is 124 cm³/mol. The van der Waals surface area contributed by atoms with Gasteiger partial charge in [0.2, 0.25) is 0 Å². The highest BCUT2D eigenvalue weighted by molar-refractivity contribution is 5.93. The Morgan fingerprint density at radius 1 is 1.30 bits per heavy atom. The number of benzene rings is 1. The number of carbonyl (C=O) groups is 1. The fraction of sp³-hybridized carbons (Fsp3) is 0.360. The molecule has 8 heteroatoms. The zero-order valence-corrected chi connectivity index (χ0v) is 18.7. The Labute approximate surface area is 190 Å². The Kier molecular flexibility index (Phi) is 5.23. The second-order valence-corrected chi connectivity index (χ2v) is 9.15. The second-order valence-electron chi connectivity index (χ2n) is 9.15. The smallest absolute Gasteiger partial charge is 0.272 e. The normalized spacial score (nSPS) is 20.2. The molecule has 1 fully saturated rings. The zero-order valence-electron chi connectivity index (χ0n) is 18.7. The number of halogens is 1. The number of hydrogen-bond donors (Lipinski definition) is 2. The molecule has 170 valence electrons. The van der Waals surface area contributed by atoms with Crippen molar-refractivity contribution in [2.24, 2.45) is 5.41 Å². The molecule has 5 rings (SSSR count). The number of aromatic amines is 1. The van der Waals surface area contributed by atoms with Gasteiger partial charge >= 0.3 is 0 Å². The first-order chi connectivity index (χ1) is 15.9. The Morgan fingerprint density at radius 2 is 2.06 bits per heavy atom. The van der Waals surface area contributed by atoms with E-state index in [0.717, 1.165) is 43.2 Å². The fourth-order valence-corrected chi connectivity index (χ4v) is 5.03. The summed E-state index contributed by atoms with van der Waals surface area (Å²) in [6.45, 7) is 3.85. The quantitative estimate of drug-likeness (QED) is 0.468. The summed E-state index contributed by atoms with van der Waals surface area (Å²) < 4.78 is 15.5. The van der Waals surface area contributed by atoms with Gasteiger partial charge < -0.3 is 5.32 Å². The average Bonchev–Trinajstić information content (AvgIpc) is 3.19. The van der Waals surface area contributed by atoms with E-state index in [1.165, 1.54) is 16.8 Å². The molecule has 0 unspecified atom stereocenters. The van der Waals surface area contributed by atoms with Gasteiger partial charge in [0.25, 0.3) is 11.5 Å². The van der Waals surface area contributed by atoms with Crippen molar-refractivity contribution in [3.05, 3.63) is 75.8 Å². The molecule has 4 aromatic rings. The van der Waals surface area contributed by atoms with Gasteiger partial charge in [0.15, 0.2) is 0 Å². The van der Waals surface area contributed by atoms with Gasteiger partial charge in [0, 0.05) is 17.6 Å². The minimum Gasteiger partial charge on any atom is -0.348 e. The monoisotopic (exact) mass is 447 g/mol. The van der Waals surface area contributed by atoms with E-state index in [2.05, 4.69) is 27.4 Å². The SMILES string of the molecule is CC[C@]1(CCc2n[nH]c(=O)c3ccccc23)C[C@H](NC(=O)c2cnc3cc(C)c(F)cn23)C1. The Hall–Kier alpha value is -3.55. The highest BCUT2D eigenvalue weighted by Crippen LogP contribution is 2.47. The molecule has 1 aromatic carbocycles. The number of amides is 1. The third-order valence-corrected chi connectivity index (χ3v) is 7.13. The molecule has 1 aliphatic carbocycles. The Balaban J connectivity index is 1.25. The van der Waals surface area contributed by atoms with Crippen molar-refractivity contribution >= 4 is 22.3 Å². The molecule has 33 heavy (non-hydrogen) atoms. The number of hydrogen-bond acceptors (Lipinski definition) is 4. The Bertz CT molecular complexity index is 1420. The predicted octanol–water partition coefficient (Wildman–Crippen LogP) is 3.94. The molecule has 1 amide bonds. The van der Waals surface area contributed by atoms with Crippen LogP contribution in [0.3, 0.4) is 0 Å². The highest BCUT2D eigenvalue weighted by atomic mass is 19.1. The van der Waals surface area contributed by atoms with Crippen LogP contribution in [0, 0.1) is 18.2 Å². The van der Waals surface area contributed by atoms with E-state index in [1.807, 2.05) is 24.3 Å². The number of aromatic nitrogens is 4. The minimum absolute atomic E-state index is 0.0681. The molecule has 1 aliphatic rings. The zero-order chi connectivity index (χ0) is 23.2. The van der Waals surface area contributed by atoms with Gasteiger partial charge in [-0.1, -0.05) is 31.5 Å². The summed E-state index contributed by atoms with van der Waals surface area (Å²) in [5.41, 5.74) is 2.23. The lowest BCUT2D eigenvalue weighted by Crippen LogP contribution is -2.51. The van der Waals surface area contributed by atoms with Crippen LogP contribution in [0.15, 0.2) is 47.5 Å². The lowest BCUT2D eigenvalue weighted by molar-refractivity contribution is 0.0568. The highest BCUT2D eigenvalue weighted by Gasteiger charge is 2.43. The largest absolute Gasteiger partial charge is 0.348 e. The summed E-state index contributed by atoms with van der Waals surface area (Å²) in [5.74, 6) is -0.611. The first kappa shape index (κ1) is 21.3. The molecule has 3 aromatic heterocycles. The average molecular weight is 448 g/mol. The van der Waals surface area contributed by atoms with Crippen LogP contribution in [0.2, 0.25) is 0 Å². The van der Waals surface area contributed by atoms with Crippen LogP contribution in [0.5, 0.6) is 0 Å². The third-order valence-electron chi connectivity index (χ3n) is 7.13. The van der Waals surface area contributed by atoms with E-state index in [4.69, 9.17) is 0 Å². The standard InChI is InChI=1S/C25H26FN5O2/c1-3-25(9-8-20-17-6-4-5-7-18(17)23(32)30-29-20)11-16(12-25)28-24(33)21-13-27-22-10-15(2)19(26)14-31(21)22/h4-7,10,13-14,16H,3,8-9,11-12H2,1-2H3,(H,28,33)(H,30,32)/t16-,25-. The lowest BCUT2D eigenvalue weighted by atomic mass is 9.61. The molecule has 0 aliphatic heterocycles. The van der Waals surface area contributed by atoms with Gasteiger partial charge in [0.05, 0.1) is 17.3 Å². The van der Waals surface area contributed by atoms with Crippen LogP contribution < -0.4 is 10.9 Å². The van der Waals surface area contributed by atoms with Crippen molar-refractivity contribution in [2.45, 2.75) is 52.0 Å². The summed E-state index contributed by atoms with van der Waals surface area (Å²) in [4.78, 5) is 29.1. The van der Waals surface area contributed by atoms with E-state index < -0.39 is 0 Å². The van der Waals surface area contributed by atoms with Crippen molar-refractivity contribution < 1.29 is 9.18 Å². The van der Waals surface area contributed by atoms with Gasteiger partial charge in [-0.05, 0) is 55.7 Å². The van der Waals surface area contributed by atoms with Gasteiger partial charge in [0.1, 0.15) is 17.2 Å². The number of aryl methyl sites for hydroxylation is 2. The van der Waals surface area contributed by atoms with E-state index in [9.17, 15) is 14.0 Å². The molecule has 0 atom stereocenters.